The lowest BCUT2D eigenvalue weighted by Gasteiger charge is -2.10. The largest absolute Gasteiger partial charge is 0.478 e. The van der Waals surface area contributed by atoms with Crippen LogP contribution < -0.4 is 5.32 Å². The molecule has 0 heterocycles. The average Bonchev–Trinajstić information content (AvgIpc) is 2.40. The van der Waals surface area contributed by atoms with Gasteiger partial charge in [-0.2, -0.15) is 0 Å². The van der Waals surface area contributed by atoms with Gasteiger partial charge in [-0.25, -0.2) is 4.79 Å². The first-order valence-electron chi connectivity index (χ1n) is 5.89. The van der Waals surface area contributed by atoms with Crippen molar-refractivity contribution in [1.29, 1.82) is 0 Å². The number of carboxylic acid groups (broad SMARTS) is 1. The highest BCUT2D eigenvalue weighted by Gasteiger charge is 2.13. The first-order valence-corrected chi connectivity index (χ1v) is 6.68. The Morgan fingerprint density at radius 1 is 1.15 bits per heavy atom. The van der Waals surface area contributed by atoms with Gasteiger partial charge in [-0.3, -0.25) is 4.79 Å². The van der Waals surface area contributed by atoms with Crippen LogP contribution in [0.2, 0.25) is 0 Å². The molecule has 1 amide bonds. The van der Waals surface area contributed by atoms with Crippen molar-refractivity contribution in [2.45, 2.75) is 6.92 Å². The van der Waals surface area contributed by atoms with E-state index in [1.54, 1.807) is 37.3 Å². The van der Waals surface area contributed by atoms with Crippen molar-refractivity contribution >= 4 is 33.5 Å². The fraction of sp³-hybridized carbons (Fsp3) is 0.0667. The Morgan fingerprint density at radius 3 is 2.50 bits per heavy atom. The molecule has 0 unspecified atom stereocenters. The van der Waals surface area contributed by atoms with Crippen molar-refractivity contribution in [3.8, 4) is 0 Å². The molecule has 0 aliphatic heterocycles. The van der Waals surface area contributed by atoms with Crippen LogP contribution in [0, 0.1) is 6.92 Å². The van der Waals surface area contributed by atoms with Crippen LogP contribution in [-0.4, -0.2) is 17.0 Å². The maximum absolute atomic E-state index is 12.1. The predicted octanol–water partition coefficient (Wildman–Crippen LogP) is 3.71. The second-order valence-corrected chi connectivity index (χ2v) is 5.16. The van der Waals surface area contributed by atoms with Crippen molar-refractivity contribution in [1.82, 2.24) is 0 Å². The van der Waals surface area contributed by atoms with E-state index >= 15 is 0 Å². The third kappa shape index (κ3) is 3.05. The van der Waals surface area contributed by atoms with E-state index in [0.717, 1.165) is 4.47 Å². The SMILES string of the molecule is Cc1c(NC(=O)c2cccc(Br)c2)cccc1C(=O)O. The molecule has 2 rings (SSSR count). The summed E-state index contributed by atoms with van der Waals surface area (Å²) in [5, 5.41) is 11.8. The number of carbonyl (C=O) groups is 2. The Labute approximate surface area is 124 Å². The van der Waals surface area contributed by atoms with Crippen LogP contribution in [0.1, 0.15) is 26.3 Å². The van der Waals surface area contributed by atoms with Gasteiger partial charge in [0.05, 0.1) is 5.56 Å². The zero-order valence-electron chi connectivity index (χ0n) is 10.7. The summed E-state index contributed by atoms with van der Waals surface area (Å²) in [6.07, 6.45) is 0. The minimum atomic E-state index is -1.01. The predicted molar refractivity (Wildman–Crippen MR) is 80.2 cm³/mol. The number of rotatable bonds is 3. The molecule has 2 aromatic rings. The number of anilines is 1. The van der Waals surface area contributed by atoms with Gasteiger partial charge in [0.15, 0.2) is 0 Å². The van der Waals surface area contributed by atoms with E-state index in [-0.39, 0.29) is 11.5 Å². The third-order valence-corrected chi connectivity index (χ3v) is 3.39. The highest BCUT2D eigenvalue weighted by molar-refractivity contribution is 9.10. The summed E-state index contributed by atoms with van der Waals surface area (Å²) in [5.74, 6) is -1.29. The van der Waals surface area contributed by atoms with Gasteiger partial charge in [0.2, 0.25) is 0 Å². The van der Waals surface area contributed by atoms with E-state index < -0.39 is 5.97 Å². The lowest BCUT2D eigenvalue weighted by molar-refractivity contribution is 0.0695. The van der Waals surface area contributed by atoms with Crippen molar-refractivity contribution in [2.24, 2.45) is 0 Å². The molecule has 0 saturated heterocycles. The normalized spacial score (nSPS) is 10.1. The van der Waals surface area contributed by atoms with Crippen molar-refractivity contribution < 1.29 is 14.7 Å². The summed E-state index contributed by atoms with van der Waals surface area (Å²) in [7, 11) is 0. The number of carboxylic acids is 1. The molecule has 0 radical (unpaired) electrons. The molecule has 0 atom stereocenters. The topological polar surface area (TPSA) is 66.4 Å². The van der Waals surface area contributed by atoms with Crippen molar-refractivity contribution in [3.63, 3.8) is 0 Å². The standard InChI is InChI=1S/C15H12BrNO3/c1-9-12(15(19)20)6-3-7-13(9)17-14(18)10-4-2-5-11(16)8-10/h2-8H,1H3,(H,17,18)(H,19,20). The fourth-order valence-corrected chi connectivity index (χ4v) is 2.23. The smallest absolute Gasteiger partial charge is 0.336 e. The molecule has 0 saturated carbocycles. The minimum absolute atomic E-state index is 0.178. The van der Waals surface area contributed by atoms with Crippen LogP contribution in [0.3, 0.4) is 0 Å². The summed E-state index contributed by atoms with van der Waals surface area (Å²) < 4.78 is 0.807. The Kier molecular flexibility index (Phi) is 4.20. The van der Waals surface area contributed by atoms with Crippen molar-refractivity contribution in [3.05, 3.63) is 63.6 Å². The molecule has 0 aromatic heterocycles. The van der Waals surface area contributed by atoms with E-state index in [2.05, 4.69) is 21.2 Å². The van der Waals surface area contributed by atoms with Gasteiger partial charge in [0.1, 0.15) is 0 Å². The molecule has 5 heteroatoms. The number of benzene rings is 2. The molecule has 0 aliphatic rings. The molecule has 20 heavy (non-hydrogen) atoms. The highest BCUT2D eigenvalue weighted by atomic mass is 79.9. The summed E-state index contributed by atoms with van der Waals surface area (Å²) in [6.45, 7) is 1.67. The molecule has 0 fully saturated rings. The van der Waals surface area contributed by atoms with E-state index in [4.69, 9.17) is 5.11 Å². The molecule has 4 nitrogen and oxygen atoms in total. The van der Waals surface area contributed by atoms with Crippen LogP contribution in [0.25, 0.3) is 0 Å². The first kappa shape index (κ1) is 14.3. The number of aromatic carboxylic acids is 1. The first-order chi connectivity index (χ1) is 9.49. The number of nitrogens with one attached hydrogen (secondary N) is 1. The maximum Gasteiger partial charge on any atom is 0.336 e. The molecule has 0 bridgehead atoms. The molecule has 2 N–H and O–H groups in total. The van der Waals surface area contributed by atoms with E-state index in [1.807, 2.05) is 6.07 Å². The number of hydrogen-bond donors (Lipinski definition) is 2. The van der Waals surface area contributed by atoms with Crippen LogP contribution in [0.4, 0.5) is 5.69 Å². The second-order valence-electron chi connectivity index (χ2n) is 4.25. The minimum Gasteiger partial charge on any atom is -0.478 e. The van der Waals surface area contributed by atoms with Crippen molar-refractivity contribution in [2.75, 3.05) is 5.32 Å². The molecule has 102 valence electrons. The second kappa shape index (κ2) is 5.88. The molecule has 0 aliphatic carbocycles. The number of halogens is 1. The maximum atomic E-state index is 12.1. The Balaban J connectivity index is 2.29. The lowest BCUT2D eigenvalue weighted by atomic mass is 10.1. The average molecular weight is 334 g/mol. The Bertz CT molecular complexity index is 683. The summed E-state index contributed by atoms with van der Waals surface area (Å²) in [5.41, 5.74) is 1.70. The molecule has 2 aromatic carbocycles. The van der Waals surface area contributed by atoms with Gasteiger partial charge < -0.3 is 10.4 Å². The molecule has 0 spiro atoms. The summed E-state index contributed by atoms with van der Waals surface area (Å²) >= 11 is 3.30. The van der Waals surface area contributed by atoms with Gasteiger partial charge >= 0.3 is 5.97 Å². The van der Waals surface area contributed by atoms with E-state index in [1.165, 1.54) is 6.07 Å². The lowest BCUT2D eigenvalue weighted by Crippen LogP contribution is -2.14. The number of carbonyl (C=O) groups excluding carboxylic acids is 1. The zero-order valence-corrected chi connectivity index (χ0v) is 12.3. The van der Waals surface area contributed by atoms with Crippen LogP contribution in [0.5, 0.6) is 0 Å². The van der Waals surface area contributed by atoms with E-state index in [9.17, 15) is 9.59 Å². The summed E-state index contributed by atoms with van der Waals surface area (Å²) in [6, 6.07) is 11.8. The number of amides is 1. The van der Waals surface area contributed by atoms with Gasteiger partial charge in [-0.15, -0.1) is 0 Å². The van der Waals surface area contributed by atoms with Crippen LogP contribution in [-0.2, 0) is 0 Å². The van der Waals surface area contributed by atoms with Gasteiger partial charge in [-0.1, -0.05) is 28.1 Å². The molecular weight excluding hydrogens is 322 g/mol. The third-order valence-electron chi connectivity index (χ3n) is 2.90. The van der Waals surface area contributed by atoms with Crippen LogP contribution in [0.15, 0.2) is 46.9 Å². The van der Waals surface area contributed by atoms with Crippen LogP contribution >= 0.6 is 15.9 Å². The number of hydrogen-bond acceptors (Lipinski definition) is 2. The monoisotopic (exact) mass is 333 g/mol. The quantitative estimate of drug-likeness (QED) is 0.899. The Hall–Kier alpha value is -2.14. The highest BCUT2D eigenvalue weighted by Crippen LogP contribution is 2.20. The Morgan fingerprint density at radius 2 is 1.85 bits per heavy atom. The fourth-order valence-electron chi connectivity index (χ4n) is 1.83. The van der Waals surface area contributed by atoms with E-state index in [0.29, 0.717) is 16.8 Å². The zero-order chi connectivity index (χ0) is 14.7. The summed E-state index contributed by atoms with van der Waals surface area (Å²) in [4.78, 5) is 23.2. The van der Waals surface area contributed by atoms with Gasteiger partial charge in [-0.05, 0) is 42.8 Å². The molecular formula is C15H12BrNO3. The van der Waals surface area contributed by atoms with Gasteiger partial charge in [0, 0.05) is 15.7 Å². The van der Waals surface area contributed by atoms with Gasteiger partial charge in [0.25, 0.3) is 5.91 Å².